The number of hydrogen-bond donors (Lipinski definition) is 1. The van der Waals surface area contributed by atoms with Crippen molar-refractivity contribution in [3.05, 3.63) is 93.6 Å². The molecule has 0 atom stereocenters. The number of nitrogens with one attached hydrogen (secondary N) is 1. The van der Waals surface area contributed by atoms with Gasteiger partial charge in [0.1, 0.15) is 17.1 Å². The monoisotopic (exact) mass is 405 g/mol. The van der Waals surface area contributed by atoms with E-state index in [1.54, 1.807) is 55.6 Å². The third-order valence-corrected chi connectivity index (χ3v) is 4.72. The Morgan fingerprint density at radius 1 is 1.00 bits per heavy atom. The number of halogens is 1. The number of amides is 1. The normalized spacial score (nSPS) is 10.7. The van der Waals surface area contributed by atoms with E-state index in [1.165, 1.54) is 6.07 Å². The number of para-hydroxylation sites is 1. The molecule has 144 valence electrons. The first kappa shape index (κ1) is 18.8. The lowest BCUT2D eigenvalue weighted by Crippen LogP contribution is -2.12. The minimum absolute atomic E-state index is 0.213. The number of rotatable bonds is 4. The minimum atomic E-state index is -0.295. The van der Waals surface area contributed by atoms with E-state index in [1.807, 2.05) is 18.2 Å². The highest BCUT2D eigenvalue weighted by Crippen LogP contribution is 2.31. The van der Waals surface area contributed by atoms with E-state index >= 15 is 0 Å². The van der Waals surface area contributed by atoms with Gasteiger partial charge in [0.2, 0.25) is 0 Å². The molecule has 0 radical (unpaired) electrons. The van der Waals surface area contributed by atoms with E-state index in [2.05, 4.69) is 5.32 Å². The third-order valence-electron chi connectivity index (χ3n) is 4.46. The van der Waals surface area contributed by atoms with Crippen molar-refractivity contribution in [1.82, 2.24) is 0 Å². The zero-order chi connectivity index (χ0) is 20.4. The highest BCUT2D eigenvalue weighted by atomic mass is 35.5. The molecule has 1 aromatic heterocycles. The van der Waals surface area contributed by atoms with Crippen LogP contribution in [0.5, 0.6) is 5.75 Å². The van der Waals surface area contributed by atoms with Crippen molar-refractivity contribution in [3.8, 4) is 17.1 Å². The van der Waals surface area contributed by atoms with Crippen LogP contribution in [-0.2, 0) is 0 Å². The van der Waals surface area contributed by atoms with Gasteiger partial charge < -0.3 is 14.5 Å². The molecular formula is C23H16ClNO4. The first-order valence-corrected chi connectivity index (χ1v) is 9.21. The maximum absolute atomic E-state index is 12.7. The maximum atomic E-state index is 12.7. The summed E-state index contributed by atoms with van der Waals surface area (Å²) in [4.78, 5) is 25.1. The number of methoxy groups -OCH3 is 1. The summed E-state index contributed by atoms with van der Waals surface area (Å²) in [5, 5.41) is 3.70. The van der Waals surface area contributed by atoms with Gasteiger partial charge in [-0.2, -0.15) is 0 Å². The topological polar surface area (TPSA) is 68.5 Å². The third kappa shape index (κ3) is 3.86. The van der Waals surface area contributed by atoms with Crippen molar-refractivity contribution < 1.29 is 13.9 Å². The van der Waals surface area contributed by atoms with Crippen molar-refractivity contribution in [2.45, 2.75) is 0 Å². The molecule has 0 unspecified atom stereocenters. The lowest BCUT2D eigenvalue weighted by Gasteiger charge is -2.09. The van der Waals surface area contributed by atoms with Gasteiger partial charge in [-0.25, -0.2) is 0 Å². The Hall–Kier alpha value is -3.57. The molecule has 0 aliphatic rings. The van der Waals surface area contributed by atoms with E-state index in [-0.39, 0.29) is 11.3 Å². The Bertz CT molecular complexity index is 1260. The molecule has 0 saturated heterocycles. The molecule has 0 aliphatic carbocycles. The first-order valence-electron chi connectivity index (χ1n) is 8.83. The summed E-state index contributed by atoms with van der Waals surface area (Å²) < 4.78 is 11.3. The molecule has 4 rings (SSSR count). The van der Waals surface area contributed by atoms with Crippen molar-refractivity contribution in [3.63, 3.8) is 0 Å². The number of anilines is 1. The zero-order valence-electron chi connectivity index (χ0n) is 15.4. The largest absolute Gasteiger partial charge is 0.496 e. The number of carbonyl (C=O) groups is 1. The molecule has 5 nitrogen and oxygen atoms in total. The molecule has 0 aliphatic heterocycles. The van der Waals surface area contributed by atoms with Crippen molar-refractivity contribution in [2.24, 2.45) is 0 Å². The lowest BCUT2D eigenvalue weighted by atomic mass is 10.1. The molecule has 1 amide bonds. The fraction of sp³-hybridized carbons (Fsp3) is 0.0435. The molecule has 1 heterocycles. The molecule has 3 aromatic carbocycles. The van der Waals surface area contributed by atoms with Crippen molar-refractivity contribution in [2.75, 3.05) is 12.4 Å². The average molecular weight is 406 g/mol. The van der Waals surface area contributed by atoms with Crippen LogP contribution in [-0.4, -0.2) is 13.0 Å². The summed E-state index contributed by atoms with van der Waals surface area (Å²) in [6.45, 7) is 0. The van der Waals surface area contributed by atoms with Gasteiger partial charge in [0, 0.05) is 22.3 Å². The van der Waals surface area contributed by atoms with Gasteiger partial charge in [0.15, 0.2) is 5.43 Å². The quantitative estimate of drug-likeness (QED) is 0.495. The molecule has 4 aromatic rings. The van der Waals surface area contributed by atoms with Crippen LogP contribution >= 0.6 is 11.6 Å². The van der Waals surface area contributed by atoms with Crippen LogP contribution in [0.25, 0.3) is 22.3 Å². The number of benzene rings is 3. The molecular weight excluding hydrogens is 390 g/mol. The second kappa shape index (κ2) is 7.81. The van der Waals surface area contributed by atoms with Crippen LogP contribution in [0, 0.1) is 0 Å². The Morgan fingerprint density at radius 3 is 2.52 bits per heavy atom. The molecule has 6 heteroatoms. The van der Waals surface area contributed by atoms with Crippen LogP contribution in [0.2, 0.25) is 5.02 Å². The van der Waals surface area contributed by atoms with E-state index in [0.29, 0.717) is 44.3 Å². The number of fused-ring (bicyclic) bond motifs is 1. The second-order valence-electron chi connectivity index (χ2n) is 6.35. The summed E-state index contributed by atoms with van der Waals surface area (Å²) in [6, 6.07) is 20.2. The van der Waals surface area contributed by atoms with E-state index in [0.717, 1.165) is 0 Å². The van der Waals surface area contributed by atoms with Crippen LogP contribution in [0.3, 0.4) is 0 Å². The zero-order valence-corrected chi connectivity index (χ0v) is 16.2. The summed E-state index contributed by atoms with van der Waals surface area (Å²) >= 11 is 5.85. The minimum Gasteiger partial charge on any atom is -0.496 e. The Morgan fingerprint density at radius 2 is 1.76 bits per heavy atom. The van der Waals surface area contributed by atoms with E-state index in [9.17, 15) is 9.59 Å². The SMILES string of the molecule is COc1ccccc1-c1cc(=O)c2cc(NC(=O)c3ccc(Cl)cc3)ccc2o1. The average Bonchev–Trinajstić information content (AvgIpc) is 2.74. The fourth-order valence-electron chi connectivity index (χ4n) is 3.02. The first-order chi connectivity index (χ1) is 14.0. The van der Waals surface area contributed by atoms with Crippen molar-refractivity contribution >= 4 is 34.2 Å². The predicted molar refractivity (Wildman–Crippen MR) is 114 cm³/mol. The lowest BCUT2D eigenvalue weighted by molar-refractivity contribution is 0.102. The van der Waals surface area contributed by atoms with Gasteiger partial charge in [-0.05, 0) is 54.6 Å². The van der Waals surface area contributed by atoms with Crippen LogP contribution < -0.4 is 15.5 Å². The standard InChI is InChI=1S/C23H16ClNO4/c1-28-20-5-3-2-4-17(20)22-13-19(26)18-12-16(10-11-21(18)29-22)25-23(27)14-6-8-15(24)9-7-14/h2-13H,1H3,(H,25,27). The Balaban J connectivity index is 1.68. The van der Waals surface area contributed by atoms with E-state index < -0.39 is 0 Å². The molecule has 0 fully saturated rings. The molecule has 1 N–H and O–H groups in total. The smallest absolute Gasteiger partial charge is 0.255 e. The fourth-order valence-corrected chi connectivity index (χ4v) is 3.15. The number of carbonyl (C=O) groups excluding carboxylic acids is 1. The second-order valence-corrected chi connectivity index (χ2v) is 6.78. The Kier molecular flexibility index (Phi) is 5.06. The molecule has 0 saturated carbocycles. The van der Waals surface area contributed by atoms with Crippen LogP contribution in [0.1, 0.15) is 10.4 Å². The summed E-state index contributed by atoms with van der Waals surface area (Å²) in [6.07, 6.45) is 0. The van der Waals surface area contributed by atoms with Crippen molar-refractivity contribution in [1.29, 1.82) is 0 Å². The van der Waals surface area contributed by atoms with E-state index in [4.69, 9.17) is 20.8 Å². The van der Waals surface area contributed by atoms with Gasteiger partial charge in [-0.15, -0.1) is 0 Å². The number of ether oxygens (including phenoxy) is 1. The summed E-state index contributed by atoms with van der Waals surface area (Å²) in [7, 11) is 1.56. The molecule has 0 bridgehead atoms. The van der Waals surface area contributed by atoms with Gasteiger partial charge in [0.25, 0.3) is 5.91 Å². The molecule has 0 spiro atoms. The summed E-state index contributed by atoms with van der Waals surface area (Å²) in [5.74, 6) is 0.732. The van der Waals surface area contributed by atoms with Crippen LogP contribution in [0.4, 0.5) is 5.69 Å². The summed E-state index contributed by atoms with van der Waals surface area (Å²) in [5.41, 5.74) is 1.86. The molecule has 29 heavy (non-hydrogen) atoms. The predicted octanol–water partition coefficient (Wildman–Crippen LogP) is 5.37. The van der Waals surface area contributed by atoms with Gasteiger partial charge in [0.05, 0.1) is 18.1 Å². The van der Waals surface area contributed by atoms with Crippen LogP contribution in [0.15, 0.2) is 82.0 Å². The highest BCUT2D eigenvalue weighted by molar-refractivity contribution is 6.30. The van der Waals surface area contributed by atoms with Gasteiger partial charge in [-0.1, -0.05) is 23.7 Å². The van der Waals surface area contributed by atoms with Gasteiger partial charge in [-0.3, -0.25) is 9.59 Å². The highest BCUT2D eigenvalue weighted by Gasteiger charge is 2.12. The maximum Gasteiger partial charge on any atom is 0.255 e. The Labute approximate surface area is 171 Å². The number of hydrogen-bond acceptors (Lipinski definition) is 4. The van der Waals surface area contributed by atoms with Gasteiger partial charge >= 0.3 is 0 Å².